The number of anilines is 1. The minimum Gasteiger partial charge on any atom is -0.444 e. The lowest BCUT2D eigenvalue weighted by atomic mass is 10.0. The van der Waals surface area contributed by atoms with Gasteiger partial charge in [0.15, 0.2) is 5.15 Å². The largest absolute Gasteiger partial charge is 0.444 e. The number of aromatic nitrogens is 2. The summed E-state index contributed by atoms with van der Waals surface area (Å²) < 4.78 is 5.27. The van der Waals surface area contributed by atoms with Crippen molar-refractivity contribution in [3.8, 4) is 0 Å². The number of ether oxygens (including phenoxy) is 1. The van der Waals surface area contributed by atoms with Crippen LogP contribution in [0.25, 0.3) is 0 Å². The van der Waals surface area contributed by atoms with Gasteiger partial charge in [0.1, 0.15) is 5.60 Å². The van der Waals surface area contributed by atoms with E-state index in [9.17, 15) is 4.79 Å². The lowest BCUT2D eigenvalue weighted by Crippen LogP contribution is -2.46. The van der Waals surface area contributed by atoms with Crippen molar-refractivity contribution < 1.29 is 9.53 Å². The summed E-state index contributed by atoms with van der Waals surface area (Å²) in [5.74, 6) is 0. The van der Waals surface area contributed by atoms with Crippen molar-refractivity contribution in [3.63, 3.8) is 0 Å². The highest BCUT2D eigenvalue weighted by Gasteiger charge is 2.23. The fraction of sp³-hybridized carbons (Fsp3) is 0.643. The van der Waals surface area contributed by atoms with Crippen LogP contribution in [0.1, 0.15) is 33.6 Å². The predicted molar refractivity (Wildman–Crippen MR) is 81.6 cm³/mol. The fourth-order valence-corrected chi connectivity index (χ4v) is 2.42. The number of carbonyl (C=O) groups is 1. The molecule has 0 radical (unpaired) electrons. The Balaban J connectivity index is 1.82. The van der Waals surface area contributed by atoms with Crippen LogP contribution < -0.4 is 10.2 Å². The third-order valence-corrected chi connectivity index (χ3v) is 3.38. The molecule has 1 N–H and O–H groups in total. The second-order valence-corrected chi connectivity index (χ2v) is 6.53. The van der Waals surface area contributed by atoms with Crippen LogP contribution in [-0.4, -0.2) is 41.0 Å². The Hall–Kier alpha value is -1.56. The smallest absolute Gasteiger partial charge is 0.407 e. The summed E-state index contributed by atoms with van der Waals surface area (Å²) in [4.78, 5) is 13.9. The number of amides is 1. The first-order valence-corrected chi connectivity index (χ1v) is 7.44. The summed E-state index contributed by atoms with van der Waals surface area (Å²) >= 11 is 5.85. The number of halogens is 1. The topological polar surface area (TPSA) is 67.3 Å². The van der Waals surface area contributed by atoms with Crippen LogP contribution in [0.2, 0.25) is 5.15 Å². The van der Waals surface area contributed by atoms with Gasteiger partial charge in [0.25, 0.3) is 0 Å². The van der Waals surface area contributed by atoms with Crippen LogP contribution in [0, 0.1) is 0 Å². The van der Waals surface area contributed by atoms with Gasteiger partial charge in [0.2, 0.25) is 0 Å². The van der Waals surface area contributed by atoms with Gasteiger partial charge in [-0.2, -0.15) is 5.10 Å². The van der Waals surface area contributed by atoms with Crippen LogP contribution in [-0.2, 0) is 4.74 Å². The van der Waals surface area contributed by atoms with Gasteiger partial charge in [-0.3, -0.25) is 0 Å². The molecule has 1 saturated heterocycles. The van der Waals surface area contributed by atoms with Crippen LogP contribution >= 0.6 is 11.6 Å². The van der Waals surface area contributed by atoms with Crippen molar-refractivity contribution in [2.24, 2.45) is 0 Å². The highest BCUT2D eigenvalue weighted by atomic mass is 35.5. The third kappa shape index (κ3) is 5.04. The Kier molecular flexibility index (Phi) is 4.88. The average molecular weight is 313 g/mol. The molecule has 1 aromatic heterocycles. The second-order valence-electron chi connectivity index (χ2n) is 6.14. The number of piperidine rings is 1. The van der Waals surface area contributed by atoms with Crippen molar-refractivity contribution >= 4 is 23.4 Å². The number of nitrogens with one attached hydrogen (secondary N) is 1. The maximum absolute atomic E-state index is 11.7. The Bertz CT molecular complexity index is 496. The molecule has 0 spiro atoms. The Morgan fingerprint density at radius 2 is 2.10 bits per heavy atom. The summed E-state index contributed by atoms with van der Waals surface area (Å²) in [7, 11) is 0. The Labute approximate surface area is 129 Å². The minimum atomic E-state index is -0.468. The number of hydrogen-bond acceptors (Lipinski definition) is 5. The first-order valence-electron chi connectivity index (χ1n) is 7.06. The van der Waals surface area contributed by atoms with Crippen molar-refractivity contribution in [1.82, 2.24) is 15.5 Å². The summed E-state index contributed by atoms with van der Waals surface area (Å²) in [6.07, 6.45) is 3.07. The molecule has 2 rings (SSSR count). The van der Waals surface area contributed by atoms with E-state index in [4.69, 9.17) is 16.3 Å². The van der Waals surface area contributed by atoms with E-state index in [0.29, 0.717) is 5.15 Å². The van der Waals surface area contributed by atoms with Crippen molar-refractivity contribution in [3.05, 3.63) is 17.4 Å². The Morgan fingerprint density at radius 3 is 2.67 bits per heavy atom. The number of carbonyl (C=O) groups excluding carboxylic acids is 1. The van der Waals surface area contributed by atoms with Crippen LogP contribution in [0.15, 0.2) is 12.3 Å². The normalized spacial score (nSPS) is 16.7. The number of nitrogens with zero attached hydrogens (tertiary/aromatic N) is 3. The zero-order valence-electron chi connectivity index (χ0n) is 12.6. The fourth-order valence-electron chi connectivity index (χ4n) is 2.26. The van der Waals surface area contributed by atoms with Gasteiger partial charge < -0.3 is 15.0 Å². The molecule has 0 unspecified atom stereocenters. The van der Waals surface area contributed by atoms with Crippen LogP contribution in [0.4, 0.5) is 10.5 Å². The van der Waals surface area contributed by atoms with Gasteiger partial charge in [-0.1, -0.05) is 11.6 Å². The maximum Gasteiger partial charge on any atom is 0.407 e. The summed E-state index contributed by atoms with van der Waals surface area (Å²) in [5, 5.41) is 10.9. The first kappa shape index (κ1) is 15.8. The van der Waals surface area contributed by atoms with Gasteiger partial charge in [0, 0.05) is 25.2 Å². The zero-order valence-corrected chi connectivity index (χ0v) is 13.4. The van der Waals surface area contributed by atoms with Gasteiger partial charge in [-0.25, -0.2) is 4.79 Å². The monoisotopic (exact) mass is 312 g/mol. The molecule has 1 aliphatic rings. The number of rotatable bonds is 2. The molecule has 0 aliphatic carbocycles. The lowest BCUT2D eigenvalue weighted by Gasteiger charge is -2.34. The molecule has 6 nitrogen and oxygen atoms in total. The minimum absolute atomic E-state index is 0.140. The molecule has 0 saturated carbocycles. The summed E-state index contributed by atoms with van der Waals surface area (Å²) in [6.45, 7) is 7.24. The van der Waals surface area contributed by atoms with Crippen molar-refractivity contribution in [2.75, 3.05) is 18.0 Å². The molecule has 1 aliphatic heterocycles. The highest BCUT2D eigenvalue weighted by Crippen LogP contribution is 2.21. The van der Waals surface area contributed by atoms with E-state index in [1.165, 1.54) is 0 Å². The zero-order chi connectivity index (χ0) is 15.5. The predicted octanol–water partition coefficient (Wildman–Crippen LogP) is 2.62. The molecule has 0 bridgehead atoms. The van der Waals surface area contributed by atoms with Gasteiger partial charge >= 0.3 is 6.09 Å². The van der Waals surface area contributed by atoms with E-state index in [0.717, 1.165) is 31.6 Å². The SMILES string of the molecule is CC(C)(C)OC(=O)NC1CCN(c2cnnc(Cl)c2)CC1. The molecule has 2 heterocycles. The third-order valence-electron chi connectivity index (χ3n) is 3.19. The van der Waals surface area contributed by atoms with Gasteiger partial charge in [-0.05, 0) is 33.6 Å². The molecule has 0 aromatic carbocycles. The van der Waals surface area contributed by atoms with Crippen LogP contribution in [0.5, 0.6) is 0 Å². The van der Waals surface area contributed by atoms with E-state index in [1.54, 1.807) is 12.3 Å². The summed E-state index contributed by atoms with van der Waals surface area (Å²) in [6, 6.07) is 1.94. The van der Waals surface area contributed by atoms with E-state index in [2.05, 4.69) is 20.4 Å². The van der Waals surface area contributed by atoms with E-state index >= 15 is 0 Å². The molecule has 1 fully saturated rings. The molecule has 1 aromatic rings. The van der Waals surface area contributed by atoms with Crippen molar-refractivity contribution in [1.29, 1.82) is 0 Å². The van der Waals surface area contributed by atoms with E-state index in [1.807, 2.05) is 20.8 Å². The highest BCUT2D eigenvalue weighted by molar-refractivity contribution is 6.29. The number of alkyl carbamates (subject to hydrolysis) is 1. The van der Waals surface area contributed by atoms with Gasteiger partial charge in [0.05, 0.1) is 11.9 Å². The van der Waals surface area contributed by atoms with Gasteiger partial charge in [-0.15, -0.1) is 5.10 Å². The second kappa shape index (κ2) is 6.47. The molecular formula is C14H21ClN4O2. The maximum atomic E-state index is 11.7. The molecule has 116 valence electrons. The standard InChI is InChI=1S/C14H21ClN4O2/c1-14(2,3)21-13(20)17-10-4-6-19(7-5-10)11-8-12(15)18-16-9-11/h8-10H,4-7H2,1-3H3,(H,17,20). The molecule has 7 heteroatoms. The van der Waals surface area contributed by atoms with E-state index < -0.39 is 5.60 Å². The van der Waals surface area contributed by atoms with Crippen molar-refractivity contribution in [2.45, 2.75) is 45.3 Å². The lowest BCUT2D eigenvalue weighted by molar-refractivity contribution is 0.0497. The van der Waals surface area contributed by atoms with Crippen LogP contribution in [0.3, 0.4) is 0 Å². The quantitative estimate of drug-likeness (QED) is 0.909. The Morgan fingerprint density at radius 1 is 1.43 bits per heavy atom. The first-order chi connectivity index (χ1) is 9.83. The summed E-state index contributed by atoms with van der Waals surface area (Å²) in [5.41, 5.74) is 0.496. The number of hydrogen-bond donors (Lipinski definition) is 1. The molecule has 0 atom stereocenters. The molecule has 1 amide bonds. The van der Waals surface area contributed by atoms with E-state index in [-0.39, 0.29) is 12.1 Å². The molecular weight excluding hydrogens is 292 g/mol. The average Bonchev–Trinajstić information content (AvgIpc) is 2.37. The molecule has 21 heavy (non-hydrogen) atoms.